The summed E-state index contributed by atoms with van der Waals surface area (Å²) in [5.74, 6) is 0.400. The van der Waals surface area contributed by atoms with Crippen molar-refractivity contribution in [2.24, 2.45) is 5.10 Å². The number of aromatic nitrogens is 2. The Bertz CT molecular complexity index is 542. The third-order valence-electron chi connectivity index (χ3n) is 1.93. The van der Waals surface area contributed by atoms with Gasteiger partial charge in [0.05, 0.1) is 6.21 Å². The Labute approximate surface area is 108 Å². The van der Waals surface area contributed by atoms with E-state index in [1.165, 1.54) is 12.4 Å². The molecule has 1 heterocycles. The van der Waals surface area contributed by atoms with Crippen molar-refractivity contribution in [1.29, 1.82) is 0 Å². The predicted molar refractivity (Wildman–Crippen MR) is 69.7 cm³/mol. The summed E-state index contributed by atoms with van der Waals surface area (Å²) in [5.41, 5.74) is 3.50. The number of rotatable bonds is 3. The fourth-order valence-corrected chi connectivity index (χ4v) is 1.47. The number of nitrogens with zero attached hydrogens (tertiary/aromatic N) is 3. The first-order valence-corrected chi connectivity index (χ1v) is 5.53. The van der Waals surface area contributed by atoms with Crippen LogP contribution in [0.4, 0.5) is 5.82 Å². The highest BCUT2D eigenvalue weighted by atomic mass is 35.5. The lowest BCUT2D eigenvalue weighted by molar-refractivity contribution is 1.16. The fourth-order valence-electron chi connectivity index (χ4n) is 1.14. The molecular weight excluding hydrogens is 259 g/mol. The standard InChI is InChI=1S/C11H8Cl2N4/c12-9-4-2-1-3-8(9)7-16-17-11-10(13)14-5-6-15-11/h1-7H,(H,15,17). The van der Waals surface area contributed by atoms with Gasteiger partial charge in [-0.2, -0.15) is 5.10 Å². The van der Waals surface area contributed by atoms with E-state index in [1.807, 2.05) is 18.2 Å². The van der Waals surface area contributed by atoms with E-state index in [9.17, 15) is 0 Å². The number of halogens is 2. The molecule has 1 N–H and O–H groups in total. The molecule has 4 nitrogen and oxygen atoms in total. The minimum Gasteiger partial charge on any atom is -0.259 e. The monoisotopic (exact) mass is 266 g/mol. The van der Waals surface area contributed by atoms with Gasteiger partial charge in [0.15, 0.2) is 11.0 Å². The molecular formula is C11H8Cl2N4. The van der Waals surface area contributed by atoms with Crippen molar-refractivity contribution in [3.8, 4) is 0 Å². The van der Waals surface area contributed by atoms with E-state index in [2.05, 4.69) is 20.5 Å². The van der Waals surface area contributed by atoms with Gasteiger partial charge in [0, 0.05) is 23.0 Å². The topological polar surface area (TPSA) is 50.2 Å². The van der Waals surface area contributed by atoms with Crippen LogP contribution < -0.4 is 5.43 Å². The molecule has 0 aliphatic carbocycles. The smallest absolute Gasteiger partial charge is 0.184 e. The Morgan fingerprint density at radius 1 is 1.12 bits per heavy atom. The van der Waals surface area contributed by atoms with Gasteiger partial charge in [0.2, 0.25) is 0 Å². The van der Waals surface area contributed by atoms with Crippen LogP contribution in [-0.4, -0.2) is 16.2 Å². The maximum atomic E-state index is 5.96. The molecule has 0 amide bonds. The van der Waals surface area contributed by atoms with E-state index < -0.39 is 0 Å². The molecule has 17 heavy (non-hydrogen) atoms. The minimum absolute atomic E-state index is 0.267. The molecule has 0 atom stereocenters. The summed E-state index contributed by atoms with van der Waals surface area (Å²) >= 11 is 11.8. The highest BCUT2D eigenvalue weighted by molar-refractivity contribution is 6.33. The van der Waals surface area contributed by atoms with Crippen molar-refractivity contribution in [3.63, 3.8) is 0 Å². The van der Waals surface area contributed by atoms with E-state index in [-0.39, 0.29) is 5.15 Å². The third kappa shape index (κ3) is 3.15. The van der Waals surface area contributed by atoms with Crippen LogP contribution in [0.25, 0.3) is 0 Å². The lowest BCUT2D eigenvalue weighted by atomic mass is 10.2. The van der Waals surface area contributed by atoms with Gasteiger partial charge in [0.1, 0.15) is 0 Å². The largest absolute Gasteiger partial charge is 0.259 e. The summed E-state index contributed by atoms with van der Waals surface area (Å²) < 4.78 is 0. The Morgan fingerprint density at radius 2 is 1.88 bits per heavy atom. The number of nitrogens with one attached hydrogen (secondary N) is 1. The summed E-state index contributed by atoms with van der Waals surface area (Å²) in [6.45, 7) is 0. The molecule has 6 heteroatoms. The number of anilines is 1. The van der Waals surface area contributed by atoms with Gasteiger partial charge in [-0.3, -0.25) is 5.43 Å². The third-order valence-corrected chi connectivity index (χ3v) is 2.55. The predicted octanol–water partition coefficient (Wildman–Crippen LogP) is 3.23. The van der Waals surface area contributed by atoms with Crippen LogP contribution in [0, 0.1) is 0 Å². The molecule has 0 fully saturated rings. The first-order valence-electron chi connectivity index (χ1n) is 4.77. The van der Waals surface area contributed by atoms with Crippen LogP contribution >= 0.6 is 23.2 Å². The quantitative estimate of drug-likeness (QED) is 0.686. The molecule has 2 aromatic rings. The van der Waals surface area contributed by atoms with Gasteiger partial charge in [-0.05, 0) is 6.07 Å². The molecule has 0 radical (unpaired) electrons. The van der Waals surface area contributed by atoms with Gasteiger partial charge >= 0.3 is 0 Å². The average molecular weight is 267 g/mol. The maximum absolute atomic E-state index is 5.96. The van der Waals surface area contributed by atoms with E-state index in [1.54, 1.807) is 12.3 Å². The molecule has 0 saturated heterocycles. The summed E-state index contributed by atoms with van der Waals surface area (Å²) in [4.78, 5) is 7.84. The van der Waals surface area contributed by atoms with E-state index in [4.69, 9.17) is 23.2 Å². The van der Waals surface area contributed by atoms with Gasteiger partial charge in [-0.25, -0.2) is 9.97 Å². The first kappa shape index (κ1) is 11.8. The molecule has 0 unspecified atom stereocenters. The van der Waals surface area contributed by atoms with Gasteiger partial charge in [-0.15, -0.1) is 0 Å². The number of hydrogen-bond acceptors (Lipinski definition) is 4. The van der Waals surface area contributed by atoms with Crippen molar-refractivity contribution in [3.05, 3.63) is 52.4 Å². The zero-order valence-electron chi connectivity index (χ0n) is 8.64. The molecule has 1 aromatic heterocycles. The van der Waals surface area contributed by atoms with E-state index >= 15 is 0 Å². The minimum atomic E-state index is 0.267. The van der Waals surface area contributed by atoms with Crippen molar-refractivity contribution in [1.82, 2.24) is 9.97 Å². The molecule has 0 spiro atoms. The van der Waals surface area contributed by atoms with Crippen molar-refractivity contribution in [2.45, 2.75) is 0 Å². The molecule has 0 aliphatic heterocycles. The molecule has 1 aromatic carbocycles. The highest BCUT2D eigenvalue weighted by Gasteiger charge is 1.99. The van der Waals surface area contributed by atoms with E-state index in [0.717, 1.165) is 5.56 Å². The molecule has 2 rings (SSSR count). The van der Waals surface area contributed by atoms with Crippen LogP contribution in [0.1, 0.15) is 5.56 Å². The maximum Gasteiger partial charge on any atom is 0.184 e. The van der Waals surface area contributed by atoms with Crippen LogP contribution in [0.3, 0.4) is 0 Å². The van der Waals surface area contributed by atoms with Crippen molar-refractivity contribution in [2.75, 3.05) is 5.43 Å². The second-order valence-corrected chi connectivity index (χ2v) is 3.85. The normalized spacial score (nSPS) is 10.7. The second-order valence-electron chi connectivity index (χ2n) is 3.09. The van der Waals surface area contributed by atoms with Gasteiger partial charge in [-0.1, -0.05) is 41.4 Å². The second kappa shape index (κ2) is 5.61. The van der Waals surface area contributed by atoms with Gasteiger partial charge in [0.25, 0.3) is 0 Å². The van der Waals surface area contributed by atoms with E-state index in [0.29, 0.717) is 10.8 Å². The summed E-state index contributed by atoms with van der Waals surface area (Å²) in [6.07, 6.45) is 4.62. The number of hydrazone groups is 1. The lowest BCUT2D eigenvalue weighted by Crippen LogP contribution is -1.95. The summed E-state index contributed by atoms with van der Waals surface area (Å²) in [7, 11) is 0. The first-order chi connectivity index (χ1) is 8.27. The molecule has 0 saturated carbocycles. The Balaban J connectivity index is 2.09. The lowest BCUT2D eigenvalue weighted by Gasteiger charge is -2.00. The molecule has 86 valence electrons. The fraction of sp³-hybridized carbons (Fsp3) is 0. The van der Waals surface area contributed by atoms with Crippen LogP contribution in [0.5, 0.6) is 0 Å². The molecule has 0 aliphatic rings. The SMILES string of the molecule is Clc1ccccc1C=NNc1nccnc1Cl. The Hall–Kier alpha value is -1.65. The van der Waals surface area contributed by atoms with Crippen molar-refractivity contribution >= 4 is 35.2 Å². The summed E-state index contributed by atoms with van der Waals surface area (Å²) in [6, 6.07) is 7.37. The number of hydrogen-bond donors (Lipinski definition) is 1. The zero-order valence-corrected chi connectivity index (χ0v) is 10.2. The Kier molecular flexibility index (Phi) is 3.90. The van der Waals surface area contributed by atoms with Crippen LogP contribution in [0.2, 0.25) is 10.2 Å². The number of benzene rings is 1. The van der Waals surface area contributed by atoms with Crippen LogP contribution in [-0.2, 0) is 0 Å². The van der Waals surface area contributed by atoms with Crippen molar-refractivity contribution < 1.29 is 0 Å². The zero-order chi connectivity index (χ0) is 12.1. The average Bonchev–Trinajstić information content (AvgIpc) is 2.34. The highest BCUT2D eigenvalue weighted by Crippen LogP contribution is 2.15. The van der Waals surface area contributed by atoms with Gasteiger partial charge < -0.3 is 0 Å². The summed E-state index contributed by atoms with van der Waals surface area (Å²) in [5, 5.41) is 4.88. The van der Waals surface area contributed by atoms with Crippen LogP contribution in [0.15, 0.2) is 41.8 Å². The molecule has 0 bridgehead atoms. The Morgan fingerprint density at radius 3 is 2.65 bits per heavy atom.